The van der Waals surface area contributed by atoms with Crippen molar-refractivity contribution in [3.8, 4) is 34.0 Å². The van der Waals surface area contributed by atoms with E-state index in [9.17, 15) is 34.5 Å². The molecule has 63 heavy (non-hydrogen) atoms. The first-order valence-corrected chi connectivity index (χ1v) is 21.3. The second-order valence-corrected chi connectivity index (χ2v) is 17.7. The maximum Gasteiger partial charge on any atom is 0.341 e. The molecule has 2 atom stereocenters. The van der Waals surface area contributed by atoms with Crippen LogP contribution in [0.4, 0.5) is 0 Å². The van der Waals surface area contributed by atoms with Crippen LogP contribution in [-0.4, -0.2) is 95.4 Å². The van der Waals surface area contributed by atoms with Crippen LogP contribution in [0.25, 0.3) is 22.5 Å². The smallest absolute Gasteiger partial charge is 0.341 e. The summed E-state index contributed by atoms with van der Waals surface area (Å²) in [6, 6.07) is 10.8. The van der Waals surface area contributed by atoms with Crippen LogP contribution in [0.15, 0.2) is 58.4 Å². The Hall–Kier alpha value is -5.68. The average molecular weight is 871 g/mol. The maximum atomic E-state index is 12.6. The summed E-state index contributed by atoms with van der Waals surface area (Å²) >= 11 is 0. The van der Waals surface area contributed by atoms with Crippen LogP contribution in [-0.2, 0) is 27.4 Å². The van der Waals surface area contributed by atoms with E-state index < -0.39 is 22.8 Å². The van der Waals surface area contributed by atoms with Gasteiger partial charge < -0.3 is 39.0 Å². The van der Waals surface area contributed by atoms with Gasteiger partial charge in [-0.15, -0.1) is 0 Å². The van der Waals surface area contributed by atoms with Crippen molar-refractivity contribution in [2.24, 2.45) is 0 Å². The molecule has 2 aromatic carbocycles. The Morgan fingerprint density at radius 3 is 1.46 bits per heavy atom. The van der Waals surface area contributed by atoms with Gasteiger partial charge >= 0.3 is 11.9 Å². The third kappa shape index (κ3) is 8.56. The first-order chi connectivity index (χ1) is 30.1. The number of carboxylic acids is 2. The zero-order valence-corrected chi connectivity index (χ0v) is 37.1. The lowest BCUT2D eigenvalue weighted by Crippen LogP contribution is -2.50. The van der Waals surface area contributed by atoms with Crippen molar-refractivity contribution in [2.45, 2.75) is 103 Å². The summed E-state index contributed by atoms with van der Waals surface area (Å²) in [6.45, 7) is 10.9. The molecule has 2 fully saturated rings. The van der Waals surface area contributed by atoms with Gasteiger partial charge in [0.2, 0.25) is 0 Å². The molecule has 16 nitrogen and oxygen atoms in total. The van der Waals surface area contributed by atoms with Crippen LogP contribution in [0.2, 0.25) is 0 Å². The van der Waals surface area contributed by atoms with Gasteiger partial charge in [-0.1, -0.05) is 0 Å². The minimum atomic E-state index is -1.24. The number of benzene rings is 2. The van der Waals surface area contributed by atoms with Gasteiger partial charge in [-0.2, -0.15) is 0 Å². The van der Waals surface area contributed by atoms with E-state index in [1.54, 1.807) is 21.3 Å². The summed E-state index contributed by atoms with van der Waals surface area (Å²) in [5.41, 5.74) is 4.71. The highest BCUT2D eigenvalue weighted by molar-refractivity contribution is 5.89. The van der Waals surface area contributed by atoms with Gasteiger partial charge in [0.25, 0.3) is 0 Å². The van der Waals surface area contributed by atoms with E-state index >= 15 is 0 Å². The van der Waals surface area contributed by atoms with Gasteiger partial charge in [0, 0.05) is 94.2 Å². The predicted molar refractivity (Wildman–Crippen MR) is 235 cm³/mol. The molecule has 0 unspecified atom stereocenters. The number of pyridine rings is 2. The first kappa shape index (κ1) is 45.3. The molecule has 2 aromatic heterocycles. The Balaban J connectivity index is 0.000000189. The minimum absolute atomic E-state index is 0.00992. The SMILES string of the molecule is COCCCOc1cc2c(cc1CO)-c1cc(=O)c(C(=O)O)cn1N1[C@@H]2CCC1(C)C.COCCCOc1cc2c(cc1COC)-c1cc(=O)c(C(=O)O)cn1N1[C@@H]2CCC1(C)C. The molecule has 4 aliphatic rings. The highest BCUT2D eigenvalue weighted by Crippen LogP contribution is 2.51. The zero-order chi connectivity index (χ0) is 45.4. The van der Waals surface area contributed by atoms with Gasteiger partial charge in [0.1, 0.15) is 22.6 Å². The highest BCUT2D eigenvalue weighted by atomic mass is 16.5. The topological polar surface area (TPSA) is 191 Å². The van der Waals surface area contributed by atoms with Crippen molar-refractivity contribution in [3.63, 3.8) is 0 Å². The normalized spacial score (nSPS) is 18.2. The quantitative estimate of drug-likeness (QED) is 0.117. The molecular weight excluding hydrogens is 813 g/mol. The summed E-state index contributed by atoms with van der Waals surface area (Å²) in [7, 11) is 4.94. The van der Waals surface area contributed by atoms with Gasteiger partial charge in [0.15, 0.2) is 10.9 Å². The molecule has 0 aliphatic carbocycles. The third-order valence-corrected chi connectivity index (χ3v) is 12.6. The van der Waals surface area contributed by atoms with E-state index in [1.165, 1.54) is 24.5 Å². The Kier molecular flexibility index (Phi) is 13.1. The lowest BCUT2D eigenvalue weighted by Gasteiger charge is -2.44. The predicted octanol–water partition coefficient (Wildman–Crippen LogP) is 6.03. The van der Waals surface area contributed by atoms with Gasteiger partial charge in [-0.25, -0.2) is 9.59 Å². The summed E-state index contributed by atoms with van der Waals surface area (Å²) in [5, 5.41) is 33.3. The second kappa shape index (κ2) is 18.2. The first-order valence-electron chi connectivity index (χ1n) is 21.3. The number of aromatic carboxylic acids is 2. The highest BCUT2D eigenvalue weighted by Gasteiger charge is 2.47. The van der Waals surface area contributed by atoms with E-state index in [4.69, 9.17) is 23.7 Å². The van der Waals surface area contributed by atoms with Crippen LogP contribution in [0, 0.1) is 0 Å². The molecular formula is C47H58N4O12. The maximum absolute atomic E-state index is 12.6. The van der Waals surface area contributed by atoms with Crippen LogP contribution < -0.4 is 30.3 Å². The Morgan fingerprint density at radius 2 is 1.06 bits per heavy atom. The fourth-order valence-electron chi connectivity index (χ4n) is 9.59. The van der Waals surface area contributed by atoms with Crippen LogP contribution >= 0.6 is 0 Å². The van der Waals surface area contributed by atoms with E-state index in [0.29, 0.717) is 55.7 Å². The summed E-state index contributed by atoms with van der Waals surface area (Å²) < 4.78 is 31.3. The number of methoxy groups -OCH3 is 3. The second-order valence-electron chi connectivity index (χ2n) is 17.7. The minimum Gasteiger partial charge on any atom is -0.493 e. The zero-order valence-electron chi connectivity index (χ0n) is 37.1. The molecule has 4 aromatic rings. The van der Waals surface area contributed by atoms with E-state index in [2.05, 4.69) is 43.8 Å². The summed E-state index contributed by atoms with van der Waals surface area (Å²) in [4.78, 5) is 48.4. The Labute approximate surface area is 366 Å². The number of ether oxygens (including phenoxy) is 5. The van der Waals surface area contributed by atoms with E-state index in [0.717, 1.165) is 72.1 Å². The van der Waals surface area contributed by atoms with Crippen molar-refractivity contribution < 1.29 is 48.6 Å². The number of aromatic nitrogens is 2. The number of aliphatic hydroxyl groups is 1. The van der Waals surface area contributed by atoms with Crippen LogP contribution in [0.5, 0.6) is 11.5 Å². The molecule has 0 saturated carbocycles. The summed E-state index contributed by atoms with van der Waals surface area (Å²) in [6.07, 6.45) is 8.06. The van der Waals surface area contributed by atoms with Crippen molar-refractivity contribution in [3.05, 3.63) is 103 Å². The number of hydrogen-bond acceptors (Lipinski definition) is 12. The molecule has 0 radical (unpaired) electrons. The molecule has 0 amide bonds. The van der Waals surface area contributed by atoms with Gasteiger partial charge in [-0.3, -0.25) is 29.0 Å². The van der Waals surface area contributed by atoms with Gasteiger partial charge in [0.05, 0.1) is 61.0 Å². The summed E-state index contributed by atoms with van der Waals surface area (Å²) in [5.74, 6) is -1.07. The largest absolute Gasteiger partial charge is 0.493 e. The van der Waals surface area contributed by atoms with Crippen molar-refractivity contribution in [1.29, 1.82) is 0 Å². The lowest BCUT2D eigenvalue weighted by atomic mass is 9.92. The van der Waals surface area contributed by atoms with E-state index in [1.807, 2.05) is 27.6 Å². The van der Waals surface area contributed by atoms with Crippen molar-refractivity contribution in [2.75, 3.05) is 57.8 Å². The van der Waals surface area contributed by atoms with E-state index in [-0.39, 0.29) is 40.9 Å². The molecule has 3 N–H and O–H groups in total. The molecule has 0 bridgehead atoms. The monoisotopic (exact) mass is 870 g/mol. The number of hydrogen-bond donors (Lipinski definition) is 3. The van der Waals surface area contributed by atoms with Gasteiger partial charge in [-0.05, 0) is 88.8 Å². The fraction of sp³-hybridized carbons (Fsp3) is 0.489. The fourth-order valence-corrected chi connectivity index (χ4v) is 9.59. The number of rotatable bonds is 15. The Bertz CT molecular complexity index is 2510. The average Bonchev–Trinajstić information content (AvgIpc) is 3.75. The van der Waals surface area contributed by atoms with Crippen LogP contribution in [0.3, 0.4) is 0 Å². The molecule has 6 heterocycles. The standard InChI is InChI=1S/C24H30N2O6.C23H28N2O6/c1-24(2)7-6-19-17-11-22(32-9-5-8-30-3)15(14-31-4)10-16(17)20-12-21(27)18(23(28)29)13-25(20)26(19)24;1-23(2)6-5-18-16-10-21(31-8-4-7-30-3)14(13-26)9-15(16)19-11-20(27)17(22(28)29)12-24(19)25(18)23/h10-13,19H,5-9,14H2,1-4H3,(H,28,29);9-12,18,26H,4-8,13H2,1-3H3,(H,28,29)/t19-;18-/m11/s1. The lowest BCUT2D eigenvalue weighted by molar-refractivity contribution is 0.0683. The number of carboxylic acid groups (broad SMARTS) is 2. The number of carbonyl (C=O) groups is 2. The number of fused-ring (bicyclic) bond motifs is 12. The third-order valence-electron chi connectivity index (χ3n) is 12.6. The van der Waals surface area contributed by atoms with Crippen molar-refractivity contribution in [1.82, 2.24) is 9.35 Å². The molecule has 2 saturated heterocycles. The molecule has 8 rings (SSSR count). The molecule has 16 heteroatoms. The molecule has 4 aliphatic heterocycles. The molecule has 0 spiro atoms. The molecule has 338 valence electrons. The number of aliphatic hydroxyl groups excluding tert-OH is 1. The van der Waals surface area contributed by atoms with Crippen LogP contribution in [0.1, 0.15) is 121 Å². The number of nitrogens with zero attached hydrogens (tertiary/aromatic N) is 4. The van der Waals surface area contributed by atoms with Crippen molar-refractivity contribution >= 4 is 11.9 Å². The Morgan fingerprint density at radius 1 is 0.635 bits per heavy atom.